The van der Waals surface area contributed by atoms with Gasteiger partial charge in [0.05, 0.1) is 21.3 Å². The Morgan fingerprint density at radius 3 is 2.68 bits per heavy atom. The lowest BCUT2D eigenvalue weighted by Gasteiger charge is -2.10. The smallest absolute Gasteiger partial charge is 0.261 e. The Hall–Kier alpha value is -1.79. The van der Waals surface area contributed by atoms with Gasteiger partial charge in [-0.15, -0.1) is 0 Å². The van der Waals surface area contributed by atoms with E-state index in [1.54, 1.807) is 19.2 Å². The van der Waals surface area contributed by atoms with Gasteiger partial charge in [-0.1, -0.05) is 11.6 Å². The fourth-order valence-electron chi connectivity index (χ4n) is 1.47. The second kappa shape index (κ2) is 5.07. The third-order valence-corrected chi connectivity index (χ3v) is 4.24. The zero-order valence-electron chi connectivity index (χ0n) is 10.1. The van der Waals surface area contributed by atoms with Crippen molar-refractivity contribution in [1.29, 1.82) is 0 Å². The van der Waals surface area contributed by atoms with Gasteiger partial charge in [0.2, 0.25) is 0 Å². The van der Waals surface area contributed by atoms with E-state index in [1.807, 2.05) is 0 Å². The number of pyridine rings is 1. The molecule has 2 rings (SSSR count). The molecule has 1 aromatic carbocycles. The maximum absolute atomic E-state index is 12.2. The number of hydrogen-bond acceptors (Lipinski definition) is 4. The van der Waals surface area contributed by atoms with E-state index in [4.69, 9.17) is 17.3 Å². The lowest BCUT2D eigenvalue weighted by Crippen LogP contribution is -2.14. The first kappa shape index (κ1) is 13.6. The molecular weight excluding hydrogens is 286 g/mol. The molecule has 0 saturated carbocycles. The van der Waals surface area contributed by atoms with Crippen LogP contribution in [0.5, 0.6) is 0 Å². The number of halogens is 1. The SMILES string of the molecule is Cc1cnccc1NS(=O)(=O)c1ccc(N)c(Cl)c1. The van der Waals surface area contributed by atoms with Crippen molar-refractivity contribution < 1.29 is 8.42 Å². The number of nitrogens with one attached hydrogen (secondary N) is 1. The van der Waals surface area contributed by atoms with E-state index in [1.165, 1.54) is 24.4 Å². The number of nitrogen functional groups attached to an aromatic ring is 1. The Labute approximate surface area is 116 Å². The maximum atomic E-state index is 12.2. The number of nitrogens with two attached hydrogens (primary N) is 1. The summed E-state index contributed by atoms with van der Waals surface area (Å²) in [7, 11) is -3.69. The quantitative estimate of drug-likeness (QED) is 0.852. The number of aryl methyl sites for hydroxylation is 1. The fraction of sp³-hybridized carbons (Fsp3) is 0.0833. The molecule has 0 bridgehead atoms. The van der Waals surface area contributed by atoms with E-state index in [-0.39, 0.29) is 9.92 Å². The minimum absolute atomic E-state index is 0.0583. The molecule has 0 spiro atoms. The first-order valence-corrected chi connectivity index (χ1v) is 7.25. The van der Waals surface area contributed by atoms with Crippen molar-refractivity contribution in [2.45, 2.75) is 11.8 Å². The van der Waals surface area contributed by atoms with Crippen LogP contribution >= 0.6 is 11.6 Å². The summed E-state index contributed by atoms with van der Waals surface area (Å²) in [5, 5.41) is 0.203. The van der Waals surface area contributed by atoms with Crippen molar-refractivity contribution in [3.8, 4) is 0 Å². The van der Waals surface area contributed by atoms with Gasteiger partial charge in [0.15, 0.2) is 0 Å². The molecule has 0 atom stereocenters. The van der Waals surface area contributed by atoms with Crippen LogP contribution in [0, 0.1) is 6.92 Å². The van der Waals surface area contributed by atoms with Crippen LogP contribution in [0.25, 0.3) is 0 Å². The number of benzene rings is 1. The Balaban J connectivity index is 2.38. The summed E-state index contributed by atoms with van der Waals surface area (Å²) < 4.78 is 26.9. The Morgan fingerprint density at radius 1 is 1.32 bits per heavy atom. The van der Waals surface area contributed by atoms with E-state index in [0.717, 1.165) is 5.56 Å². The third-order valence-electron chi connectivity index (χ3n) is 2.55. The Kier molecular flexibility index (Phi) is 3.64. The summed E-state index contributed by atoms with van der Waals surface area (Å²) in [5.41, 5.74) is 7.09. The molecule has 0 aliphatic rings. The highest BCUT2D eigenvalue weighted by molar-refractivity contribution is 7.92. The summed E-state index contributed by atoms with van der Waals surface area (Å²) in [6.45, 7) is 1.76. The summed E-state index contributed by atoms with van der Waals surface area (Å²) in [5.74, 6) is 0. The van der Waals surface area contributed by atoms with Crippen LogP contribution in [0.2, 0.25) is 5.02 Å². The normalized spacial score (nSPS) is 11.3. The zero-order valence-corrected chi connectivity index (χ0v) is 11.7. The monoisotopic (exact) mass is 297 g/mol. The standard InChI is InChI=1S/C12H12ClN3O2S/c1-8-7-15-5-4-12(8)16-19(17,18)9-2-3-11(14)10(13)6-9/h2-7H,14H2,1H3,(H,15,16). The molecule has 5 nitrogen and oxygen atoms in total. The highest BCUT2D eigenvalue weighted by atomic mass is 35.5. The summed E-state index contributed by atoms with van der Waals surface area (Å²) in [6.07, 6.45) is 3.09. The highest BCUT2D eigenvalue weighted by Crippen LogP contribution is 2.24. The van der Waals surface area contributed by atoms with E-state index < -0.39 is 10.0 Å². The summed E-state index contributed by atoms with van der Waals surface area (Å²) in [6, 6.07) is 5.76. The largest absolute Gasteiger partial charge is 0.398 e. The molecule has 0 radical (unpaired) electrons. The second-order valence-electron chi connectivity index (χ2n) is 3.98. The van der Waals surface area contributed by atoms with Crippen LogP contribution in [0.4, 0.5) is 11.4 Å². The molecule has 0 fully saturated rings. The second-order valence-corrected chi connectivity index (χ2v) is 6.07. The van der Waals surface area contributed by atoms with Crippen molar-refractivity contribution in [2.75, 3.05) is 10.5 Å². The molecule has 1 aromatic heterocycles. The van der Waals surface area contributed by atoms with Gasteiger partial charge in [-0.25, -0.2) is 8.42 Å². The van der Waals surface area contributed by atoms with Gasteiger partial charge in [-0.2, -0.15) is 0 Å². The zero-order chi connectivity index (χ0) is 14.0. The summed E-state index contributed by atoms with van der Waals surface area (Å²) >= 11 is 5.83. The lowest BCUT2D eigenvalue weighted by atomic mass is 10.3. The van der Waals surface area contributed by atoms with E-state index >= 15 is 0 Å². The van der Waals surface area contributed by atoms with Gasteiger partial charge in [0, 0.05) is 12.4 Å². The molecule has 100 valence electrons. The molecule has 19 heavy (non-hydrogen) atoms. The third kappa shape index (κ3) is 2.97. The molecule has 0 saturated heterocycles. The van der Waals surface area contributed by atoms with Crippen molar-refractivity contribution in [3.05, 3.63) is 47.2 Å². The lowest BCUT2D eigenvalue weighted by molar-refractivity contribution is 0.601. The number of nitrogens with zero attached hydrogens (tertiary/aromatic N) is 1. The van der Waals surface area contributed by atoms with Crippen LogP contribution < -0.4 is 10.5 Å². The van der Waals surface area contributed by atoms with Crippen molar-refractivity contribution in [2.24, 2.45) is 0 Å². The molecule has 0 amide bonds. The van der Waals surface area contributed by atoms with Crippen molar-refractivity contribution >= 4 is 33.0 Å². The van der Waals surface area contributed by atoms with Gasteiger partial charge in [-0.3, -0.25) is 9.71 Å². The fourth-order valence-corrected chi connectivity index (χ4v) is 2.87. The Morgan fingerprint density at radius 2 is 2.05 bits per heavy atom. The maximum Gasteiger partial charge on any atom is 0.261 e. The van der Waals surface area contributed by atoms with Gasteiger partial charge >= 0.3 is 0 Å². The van der Waals surface area contributed by atoms with Crippen LogP contribution in [-0.4, -0.2) is 13.4 Å². The summed E-state index contributed by atoms with van der Waals surface area (Å²) in [4.78, 5) is 3.96. The van der Waals surface area contributed by atoms with E-state index in [9.17, 15) is 8.42 Å². The first-order chi connectivity index (χ1) is 8.90. The molecule has 0 aliphatic heterocycles. The van der Waals surface area contributed by atoms with Crippen molar-refractivity contribution in [3.63, 3.8) is 0 Å². The van der Waals surface area contributed by atoms with E-state index in [2.05, 4.69) is 9.71 Å². The van der Waals surface area contributed by atoms with Gasteiger partial charge < -0.3 is 5.73 Å². The predicted octanol–water partition coefficient (Wildman–Crippen LogP) is 2.43. The molecular formula is C12H12ClN3O2S. The number of anilines is 2. The number of aromatic nitrogens is 1. The Bertz CT molecular complexity index is 717. The average Bonchev–Trinajstić information content (AvgIpc) is 2.35. The minimum atomic E-state index is -3.69. The predicted molar refractivity (Wildman–Crippen MR) is 75.6 cm³/mol. The molecule has 0 unspecified atom stereocenters. The van der Waals surface area contributed by atoms with E-state index in [0.29, 0.717) is 11.4 Å². The number of hydrogen-bond donors (Lipinski definition) is 2. The average molecular weight is 298 g/mol. The van der Waals surface area contributed by atoms with Crippen LogP contribution in [-0.2, 0) is 10.0 Å². The molecule has 7 heteroatoms. The number of sulfonamides is 1. The number of rotatable bonds is 3. The molecule has 3 N–H and O–H groups in total. The molecule has 0 aliphatic carbocycles. The van der Waals surface area contributed by atoms with Gasteiger partial charge in [-0.05, 0) is 36.8 Å². The first-order valence-electron chi connectivity index (χ1n) is 5.38. The molecule has 2 aromatic rings. The highest BCUT2D eigenvalue weighted by Gasteiger charge is 2.16. The van der Waals surface area contributed by atoms with Gasteiger partial charge in [0.25, 0.3) is 10.0 Å². The van der Waals surface area contributed by atoms with Gasteiger partial charge in [0.1, 0.15) is 0 Å². The van der Waals surface area contributed by atoms with Crippen LogP contribution in [0.15, 0.2) is 41.6 Å². The topological polar surface area (TPSA) is 85.1 Å². The molecule has 1 heterocycles. The van der Waals surface area contributed by atoms with Crippen LogP contribution in [0.3, 0.4) is 0 Å². The van der Waals surface area contributed by atoms with Crippen molar-refractivity contribution in [1.82, 2.24) is 4.98 Å². The van der Waals surface area contributed by atoms with Crippen LogP contribution in [0.1, 0.15) is 5.56 Å². The minimum Gasteiger partial charge on any atom is -0.398 e.